The molecule has 0 aliphatic carbocycles. The van der Waals surface area contributed by atoms with Crippen molar-refractivity contribution in [2.45, 2.75) is 55.6 Å². The monoisotopic (exact) mass is 670 g/mol. The summed E-state index contributed by atoms with van der Waals surface area (Å²) in [6, 6.07) is 9.15. The van der Waals surface area contributed by atoms with Crippen molar-refractivity contribution in [1.82, 2.24) is 14.8 Å². The van der Waals surface area contributed by atoms with Crippen LogP contribution in [0.3, 0.4) is 0 Å². The third kappa shape index (κ3) is 10.0. The van der Waals surface area contributed by atoms with Crippen LogP contribution < -0.4 is 0 Å². The molecule has 1 fully saturated rings. The zero-order valence-corrected chi connectivity index (χ0v) is 26.5. The van der Waals surface area contributed by atoms with Crippen LogP contribution >= 0.6 is 11.8 Å². The number of esters is 2. The van der Waals surface area contributed by atoms with Crippen LogP contribution in [0, 0.1) is 28.8 Å². The molecule has 2 heterocycles. The Morgan fingerprint density at radius 1 is 1.17 bits per heavy atom. The number of halogens is 3. The van der Waals surface area contributed by atoms with Gasteiger partial charge in [0.05, 0.1) is 43.2 Å². The average Bonchev–Trinajstić information content (AvgIpc) is 3.55. The summed E-state index contributed by atoms with van der Waals surface area (Å²) in [6.45, 7) is 3.36. The zero-order valence-electron chi connectivity index (χ0n) is 25.7. The zero-order chi connectivity index (χ0) is 33.8. The standard InChI is InChI=1S/C33H33F3N4O6S/c1-22(47-27-17-44-32(45-18-27)8-4-3-6-25-10-9-24(16-37)14-29(25)35)33(19-40-21-38-20-39-40,28-12-11-26(34)15-30(28)36)46-31(42)7-5-13-43-23(2)41/h3-4,6,8-12,14-15,20-22,27,32H,5,7,13,17-19H2,1-2H3/b6-3+,8-4+/t22-,27?,32?,33-/m1/s1. The van der Waals surface area contributed by atoms with Gasteiger partial charge in [0, 0.05) is 35.8 Å². The van der Waals surface area contributed by atoms with Gasteiger partial charge < -0.3 is 18.9 Å². The second-order valence-corrected chi connectivity index (χ2v) is 12.2. The highest BCUT2D eigenvalue weighted by atomic mass is 32.2. The van der Waals surface area contributed by atoms with Gasteiger partial charge in [-0.15, -0.1) is 11.8 Å². The minimum absolute atomic E-state index is 0.00417. The van der Waals surface area contributed by atoms with Crippen molar-refractivity contribution in [1.29, 1.82) is 5.26 Å². The lowest BCUT2D eigenvalue weighted by molar-refractivity contribution is -0.164. The molecule has 47 heavy (non-hydrogen) atoms. The van der Waals surface area contributed by atoms with Crippen LogP contribution in [-0.4, -0.2) is 63.3 Å². The summed E-state index contributed by atoms with van der Waals surface area (Å²) in [4.78, 5) is 28.2. The smallest absolute Gasteiger partial charge is 0.306 e. The fourth-order valence-corrected chi connectivity index (χ4v) is 6.17. The molecule has 2 aromatic carbocycles. The number of ether oxygens (including phenoxy) is 4. The van der Waals surface area contributed by atoms with Crippen molar-refractivity contribution in [3.05, 3.63) is 101 Å². The molecule has 3 aromatic rings. The first-order valence-electron chi connectivity index (χ1n) is 14.7. The highest BCUT2D eigenvalue weighted by molar-refractivity contribution is 8.00. The van der Waals surface area contributed by atoms with E-state index in [1.807, 2.05) is 6.07 Å². The summed E-state index contributed by atoms with van der Waals surface area (Å²) in [5, 5.41) is 12.1. The van der Waals surface area contributed by atoms with E-state index in [9.17, 15) is 18.4 Å². The van der Waals surface area contributed by atoms with E-state index in [1.54, 1.807) is 31.2 Å². The van der Waals surface area contributed by atoms with E-state index in [1.165, 1.54) is 54.2 Å². The molecule has 0 radical (unpaired) electrons. The van der Waals surface area contributed by atoms with Gasteiger partial charge in [-0.05, 0) is 43.7 Å². The number of carbonyl (C=O) groups is 2. The number of carbonyl (C=O) groups excluding carboxylic acids is 2. The topological polar surface area (TPSA) is 126 Å². The van der Waals surface area contributed by atoms with Gasteiger partial charge in [-0.3, -0.25) is 9.59 Å². The van der Waals surface area contributed by atoms with E-state index in [4.69, 9.17) is 24.2 Å². The summed E-state index contributed by atoms with van der Waals surface area (Å²) in [5.41, 5.74) is -1.17. The highest BCUT2D eigenvalue weighted by Crippen LogP contribution is 2.42. The van der Waals surface area contributed by atoms with Crippen LogP contribution in [0.15, 0.2) is 67.3 Å². The van der Waals surface area contributed by atoms with E-state index in [2.05, 4.69) is 10.1 Å². The maximum atomic E-state index is 15.5. The van der Waals surface area contributed by atoms with Crippen LogP contribution in [0.4, 0.5) is 13.2 Å². The molecule has 2 atom stereocenters. The lowest BCUT2D eigenvalue weighted by atomic mass is 9.89. The van der Waals surface area contributed by atoms with E-state index >= 15 is 4.39 Å². The number of rotatable bonds is 14. The highest BCUT2D eigenvalue weighted by Gasteiger charge is 2.46. The normalized spacial score (nSPS) is 18.5. The Kier molecular flexibility index (Phi) is 12.7. The fourth-order valence-electron chi connectivity index (χ4n) is 4.81. The van der Waals surface area contributed by atoms with Crippen molar-refractivity contribution in [3.63, 3.8) is 0 Å². The molecule has 14 heteroatoms. The summed E-state index contributed by atoms with van der Waals surface area (Å²) in [6.07, 6.45) is 8.55. The molecule has 1 saturated heterocycles. The lowest BCUT2D eigenvalue weighted by Crippen LogP contribution is -2.47. The Morgan fingerprint density at radius 2 is 1.96 bits per heavy atom. The van der Waals surface area contributed by atoms with Gasteiger partial charge in [-0.2, -0.15) is 10.4 Å². The molecule has 0 spiro atoms. The molecule has 0 amide bonds. The molecule has 1 aliphatic heterocycles. The molecule has 0 saturated carbocycles. The minimum atomic E-state index is -1.67. The summed E-state index contributed by atoms with van der Waals surface area (Å²) in [7, 11) is 0. The van der Waals surface area contributed by atoms with Gasteiger partial charge >= 0.3 is 11.9 Å². The first-order chi connectivity index (χ1) is 22.6. The van der Waals surface area contributed by atoms with Crippen LogP contribution in [-0.2, 0) is 40.7 Å². The molecule has 0 bridgehead atoms. The number of benzene rings is 2. The second kappa shape index (κ2) is 16.9. The molecule has 4 rings (SSSR count). The number of nitrogens with zero attached hydrogens (tertiary/aromatic N) is 4. The molecule has 0 N–H and O–H groups in total. The largest absolute Gasteiger partial charge is 0.466 e. The molecule has 248 valence electrons. The van der Waals surface area contributed by atoms with Crippen LogP contribution in [0.25, 0.3) is 6.08 Å². The first-order valence-corrected chi connectivity index (χ1v) is 15.6. The maximum absolute atomic E-state index is 15.5. The predicted octanol–water partition coefficient (Wildman–Crippen LogP) is 5.48. The maximum Gasteiger partial charge on any atom is 0.306 e. The molecular weight excluding hydrogens is 637 g/mol. The third-order valence-electron chi connectivity index (χ3n) is 7.11. The van der Waals surface area contributed by atoms with Crippen molar-refractivity contribution >= 4 is 29.8 Å². The SMILES string of the molecule is CC(=O)OCCCC(=O)O[C@@](Cn1cncn1)(c1ccc(F)cc1F)[C@@H](C)SC1COC(/C=C/C=C/c2ccc(C#N)cc2F)OC1. The van der Waals surface area contributed by atoms with E-state index < -0.39 is 46.5 Å². The number of allylic oxidation sites excluding steroid dienone is 2. The number of thioether (sulfide) groups is 1. The Morgan fingerprint density at radius 3 is 2.62 bits per heavy atom. The van der Waals surface area contributed by atoms with E-state index in [0.29, 0.717) is 5.56 Å². The number of nitriles is 1. The Balaban J connectivity index is 1.47. The summed E-state index contributed by atoms with van der Waals surface area (Å²) < 4.78 is 67.7. The number of hydrogen-bond donors (Lipinski definition) is 0. The number of aromatic nitrogens is 3. The van der Waals surface area contributed by atoms with Gasteiger partial charge in [0.15, 0.2) is 11.9 Å². The van der Waals surface area contributed by atoms with E-state index in [-0.39, 0.29) is 55.6 Å². The van der Waals surface area contributed by atoms with Crippen molar-refractivity contribution < 1.29 is 41.7 Å². The second-order valence-electron chi connectivity index (χ2n) is 10.6. The fraction of sp³-hybridized carbons (Fsp3) is 0.364. The molecular formula is C33H33F3N4O6S. The van der Waals surface area contributed by atoms with Gasteiger partial charge in [0.1, 0.15) is 30.1 Å². The quantitative estimate of drug-likeness (QED) is 0.124. The Labute approximate surface area is 274 Å². The van der Waals surface area contributed by atoms with Crippen molar-refractivity contribution in [2.75, 3.05) is 19.8 Å². The molecule has 0 unspecified atom stereocenters. The van der Waals surface area contributed by atoms with Crippen LogP contribution in [0.5, 0.6) is 0 Å². The van der Waals surface area contributed by atoms with E-state index in [0.717, 1.165) is 18.2 Å². The van der Waals surface area contributed by atoms with Crippen LogP contribution in [0.1, 0.15) is 43.4 Å². The molecule has 1 aromatic heterocycles. The lowest BCUT2D eigenvalue weighted by Gasteiger charge is -2.40. The molecule has 10 nitrogen and oxygen atoms in total. The summed E-state index contributed by atoms with van der Waals surface area (Å²) >= 11 is 1.34. The predicted molar refractivity (Wildman–Crippen MR) is 166 cm³/mol. The van der Waals surface area contributed by atoms with Gasteiger partial charge in [0.25, 0.3) is 0 Å². The first kappa shape index (κ1) is 35.4. The summed E-state index contributed by atoms with van der Waals surface area (Å²) in [5.74, 6) is -3.37. The van der Waals surface area contributed by atoms with Gasteiger partial charge in [-0.25, -0.2) is 22.8 Å². The van der Waals surface area contributed by atoms with Crippen molar-refractivity contribution in [2.24, 2.45) is 0 Å². The third-order valence-corrected chi connectivity index (χ3v) is 8.55. The van der Waals surface area contributed by atoms with Crippen molar-refractivity contribution in [3.8, 4) is 6.07 Å². The number of hydrogen-bond acceptors (Lipinski definition) is 10. The van der Waals surface area contributed by atoms with Gasteiger partial charge in [-0.1, -0.05) is 24.3 Å². The Bertz CT molecular complexity index is 1620. The van der Waals surface area contributed by atoms with Crippen LogP contribution in [0.2, 0.25) is 0 Å². The average molecular weight is 671 g/mol. The Hall–Kier alpha value is -4.45. The molecule has 1 aliphatic rings. The van der Waals surface area contributed by atoms with Gasteiger partial charge in [0.2, 0.25) is 0 Å². The minimum Gasteiger partial charge on any atom is -0.466 e.